The minimum atomic E-state index is -0.552. The lowest BCUT2D eigenvalue weighted by Gasteiger charge is -2.10. The zero-order valence-electron chi connectivity index (χ0n) is 15.4. The molecule has 27 heavy (non-hydrogen) atoms. The van der Waals surface area contributed by atoms with Crippen molar-refractivity contribution in [3.8, 4) is 6.07 Å². The van der Waals surface area contributed by atoms with Crippen molar-refractivity contribution in [2.24, 2.45) is 0 Å². The van der Waals surface area contributed by atoms with Crippen molar-refractivity contribution in [3.05, 3.63) is 89.0 Å². The highest BCUT2D eigenvalue weighted by Crippen LogP contribution is 2.27. The van der Waals surface area contributed by atoms with Gasteiger partial charge in [-0.2, -0.15) is 5.26 Å². The topological polar surface area (TPSA) is 67.2 Å². The van der Waals surface area contributed by atoms with Crippen LogP contribution in [0.3, 0.4) is 0 Å². The van der Waals surface area contributed by atoms with Gasteiger partial charge in [0.15, 0.2) is 5.78 Å². The highest BCUT2D eigenvalue weighted by molar-refractivity contribution is 6.16. The average molecular weight is 359 g/mol. The molecule has 0 atom stereocenters. The minimum absolute atomic E-state index is 0.0185. The molecule has 0 saturated carbocycles. The molecule has 0 radical (unpaired) electrons. The van der Waals surface area contributed by atoms with Gasteiger partial charge in [-0.1, -0.05) is 67.6 Å². The Bertz CT molecular complexity index is 862. The van der Waals surface area contributed by atoms with Crippen LogP contribution in [0.4, 0.5) is 0 Å². The van der Waals surface area contributed by atoms with Crippen molar-refractivity contribution < 1.29 is 14.3 Å². The smallest absolute Gasteiger partial charge is 0.333 e. The fourth-order valence-corrected chi connectivity index (χ4v) is 2.54. The first-order valence-electron chi connectivity index (χ1n) is 8.73. The maximum absolute atomic E-state index is 12.8. The summed E-state index contributed by atoms with van der Waals surface area (Å²) in [5, 5.41) is 9.71. The van der Waals surface area contributed by atoms with E-state index in [0.29, 0.717) is 18.6 Å². The largest absolute Gasteiger partial charge is 0.462 e. The number of nitriles is 1. The second kappa shape index (κ2) is 9.88. The predicted octanol–water partition coefficient (Wildman–Crippen LogP) is 4.48. The molecule has 0 aliphatic heterocycles. The summed E-state index contributed by atoms with van der Waals surface area (Å²) in [5.41, 5.74) is 2.20. The number of carbonyl (C=O) groups is 2. The lowest BCUT2D eigenvalue weighted by Crippen LogP contribution is -2.10. The predicted molar refractivity (Wildman–Crippen MR) is 105 cm³/mol. The molecule has 0 unspecified atom stereocenters. The first-order chi connectivity index (χ1) is 13.1. The summed E-state index contributed by atoms with van der Waals surface area (Å²) in [5.74, 6) is -1.07. The molecule has 2 aromatic rings. The third-order valence-electron chi connectivity index (χ3n) is 3.84. The summed E-state index contributed by atoms with van der Waals surface area (Å²) in [6.45, 7) is 3.69. The van der Waals surface area contributed by atoms with Gasteiger partial charge in [0.1, 0.15) is 11.6 Å². The van der Waals surface area contributed by atoms with Crippen molar-refractivity contribution in [1.82, 2.24) is 0 Å². The number of hydrogen-bond donors (Lipinski definition) is 0. The van der Waals surface area contributed by atoms with Crippen LogP contribution in [0.25, 0.3) is 5.57 Å². The van der Waals surface area contributed by atoms with Crippen LogP contribution in [0, 0.1) is 11.3 Å². The molecule has 2 rings (SSSR count). The Balaban J connectivity index is 2.53. The monoisotopic (exact) mass is 359 g/mol. The number of esters is 1. The summed E-state index contributed by atoms with van der Waals surface area (Å²) < 4.78 is 5.04. The molecule has 0 bridgehead atoms. The number of ether oxygens (including phenoxy) is 1. The lowest BCUT2D eigenvalue weighted by atomic mass is 9.91. The maximum Gasteiger partial charge on any atom is 0.333 e. The molecule has 136 valence electrons. The SMILES string of the molecule is CCCOC(=O)C(C)=CC(=O)C(C#N)=C(c1ccccc1)c1ccccc1. The number of allylic oxidation sites excluding steroid dienone is 2. The quantitative estimate of drug-likeness (QED) is 0.415. The summed E-state index contributed by atoms with van der Waals surface area (Å²) in [7, 11) is 0. The molecule has 0 aromatic heterocycles. The summed E-state index contributed by atoms with van der Waals surface area (Å²) in [6, 6.07) is 20.5. The normalized spacial score (nSPS) is 10.6. The molecule has 0 fully saturated rings. The van der Waals surface area contributed by atoms with E-state index < -0.39 is 11.8 Å². The average Bonchev–Trinajstić information content (AvgIpc) is 2.71. The van der Waals surface area contributed by atoms with Crippen molar-refractivity contribution in [2.45, 2.75) is 20.3 Å². The zero-order valence-corrected chi connectivity index (χ0v) is 15.4. The Hall–Kier alpha value is -3.45. The Kier molecular flexibility index (Phi) is 7.27. The van der Waals surface area contributed by atoms with E-state index in [4.69, 9.17) is 4.74 Å². The van der Waals surface area contributed by atoms with E-state index in [1.807, 2.05) is 73.7 Å². The van der Waals surface area contributed by atoms with Crippen LogP contribution in [0.5, 0.6) is 0 Å². The lowest BCUT2D eigenvalue weighted by molar-refractivity contribution is -0.139. The van der Waals surface area contributed by atoms with Crippen LogP contribution < -0.4 is 0 Å². The third kappa shape index (κ3) is 5.26. The van der Waals surface area contributed by atoms with E-state index in [9.17, 15) is 14.9 Å². The number of hydrogen-bond acceptors (Lipinski definition) is 4. The number of ketones is 1. The zero-order chi connectivity index (χ0) is 19.6. The van der Waals surface area contributed by atoms with Gasteiger partial charge in [0.05, 0.1) is 6.61 Å². The molecular weight excluding hydrogens is 338 g/mol. The van der Waals surface area contributed by atoms with Crippen LogP contribution in [0.15, 0.2) is 77.9 Å². The molecule has 0 N–H and O–H groups in total. The van der Waals surface area contributed by atoms with E-state index in [2.05, 4.69) is 0 Å². The fourth-order valence-electron chi connectivity index (χ4n) is 2.54. The molecule has 0 amide bonds. The van der Waals surface area contributed by atoms with Gasteiger partial charge in [-0.25, -0.2) is 4.79 Å². The Morgan fingerprint density at radius 2 is 1.52 bits per heavy atom. The van der Waals surface area contributed by atoms with Gasteiger partial charge in [-0.3, -0.25) is 4.79 Å². The summed E-state index contributed by atoms with van der Waals surface area (Å²) in [6.07, 6.45) is 1.87. The molecular formula is C23H21NO3. The highest BCUT2D eigenvalue weighted by atomic mass is 16.5. The van der Waals surface area contributed by atoms with Gasteiger partial charge in [0.25, 0.3) is 0 Å². The van der Waals surface area contributed by atoms with Crippen LogP contribution in [0.1, 0.15) is 31.4 Å². The molecule has 0 aliphatic rings. The van der Waals surface area contributed by atoms with E-state index in [-0.39, 0.29) is 11.1 Å². The Morgan fingerprint density at radius 3 is 1.96 bits per heavy atom. The Morgan fingerprint density at radius 1 is 1.00 bits per heavy atom. The van der Waals surface area contributed by atoms with Gasteiger partial charge in [0, 0.05) is 11.1 Å². The summed E-state index contributed by atoms with van der Waals surface area (Å²) in [4.78, 5) is 24.7. The maximum atomic E-state index is 12.8. The van der Waals surface area contributed by atoms with Crippen molar-refractivity contribution in [3.63, 3.8) is 0 Å². The van der Waals surface area contributed by atoms with Crippen LogP contribution >= 0.6 is 0 Å². The molecule has 2 aromatic carbocycles. The van der Waals surface area contributed by atoms with E-state index in [0.717, 1.165) is 11.1 Å². The molecule has 0 saturated heterocycles. The number of rotatable bonds is 7. The van der Waals surface area contributed by atoms with Gasteiger partial charge < -0.3 is 4.74 Å². The van der Waals surface area contributed by atoms with Crippen molar-refractivity contribution in [1.29, 1.82) is 5.26 Å². The van der Waals surface area contributed by atoms with Crippen LogP contribution in [-0.2, 0) is 14.3 Å². The van der Waals surface area contributed by atoms with Gasteiger partial charge in [-0.05, 0) is 30.5 Å². The number of carbonyl (C=O) groups excluding carboxylic acids is 2. The first kappa shape index (κ1) is 19.9. The number of nitrogens with zero attached hydrogens (tertiary/aromatic N) is 1. The molecule has 0 aliphatic carbocycles. The van der Waals surface area contributed by atoms with Crippen molar-refractivity contribution >= 4 is 17.3 Å². The minimum Gasteiger partial charge on any atom is -0.462 e. The van der Waals surface area contributed by atoms with Crippen LogP contribution in [0.2, 0.25) is 0 Å². The number of benzene rings is 2. The second-order valence-electron chi connectivity index (χ2n) is 5.92. The fraction of sp³-hybridized carbons (Fsp3) is 0.174. The molecule has 0 spiro atoms. The Labute approximate surface area is 159 Å². The standard InChI is InChI=1S/C23H21NO3/c1-3-14-27-23(26)17(2)15-21(25)20(16-24)22(18-10-6-4-7-11-18)19-12-8-5-9-13-19/h4-13,15H,3,14H2,1-2H3. The van der Waals surface area contributed by atoms with Gasteiger partial charge in [-0.15, -0.1) is 0 Å². The second-order valence-corrected chi connectivity index (χ2v) is 5.92. The molecule has 4 heteroatoms. The van der Waals surface area contributed by atoms with Crippen LogP contribution in [-0.4, -0.2) is 18.4 Å². The van der Waals surface area contributed by atoms with Gasteiger partial charge in [0.2, 0.25) is 0 Å². The molecule has 4 nitrogen and oxygen atoms in total. The highest BCUT2D eigenvalue weighted by Gasteiger charge is 2.18. The van der Waals surface area contributed by atoms with E-state index >= 15 is 0 Å². The van der Waals surface area contributed by atoms with E-state index in [1.165, 1.54) is 13.0 Å². The first-order valence-corrected chi connectivity index (χ1v) is 8.73. The molecule has 0 heterocycles. The summed E-state index contributed by atoms with van der Waals surface area (Å²) >= 11 is 0. The van der Waals surface area contributed by atoms with Crippen molar-refractivity contribution in [2.75, 3.05) is 6.61 Å². The van der Waals surface area contributed by atoms with E-state index in [1.54, 1.807) is 0 Å². The van der Waals surface area contributed by atoms with Gasteiger partial charge >= 0.3 is 5.97 Å². The third-order valence-corrected chi connectivity index (χ3v) is 3.84.